The van der Waals surface area contributed by atoms with Crippen LogP contribution in [0.4, 0.5) is 0 Å². The molecule has 1 aromatic carbocycles. The van der Waals surface area contributed by atoms with Gasteiger partial charge in [-0.15, -0.1) is 0 Å². The van der Waals surface area contributed by atoms with Crippen LogP contribution >= 0.6 is 11.6 Å². The SMILES string of the molecule is C[C@@H](NCc1cn(C)nc1C(C)(C)C)c1cccc(Cl)c1. The van der Waals surface area contributed by atoms with Gasteiger partial charge in [-0.1, -0.05) is 44.5 Å². The highest BCUT2D eigenvalue weighted by molar-refractivity contribution is 6.30. The molecule has 2 aromatic rings. The van der Waals surface area contributed by atoms with E-state index >= 15 is 0 Å². The van der Waals surface area contributed by atoms with Gasteiger partial charge >= 0.3 is 0 Å². The van der Waals surface area contributed by atoms with Gasteiger partial charge in [0.1, 0.15) is 0 Å². The predicted octanol–water partition coefficient (Wildman–Crippen LogP) is 4.22. The van der Waals surface area contributed by atoms with Crippen LogP contribution in [0.5, 0.6) is 0 Å². The van der Waals surface area contributed by atoms with Crippen molar-refractivity contribution in [3.63, 3.8) is 0 Å². The maximum atomic E-state index is 6.05. The summed E-state index contributed by atoms with van der Waals surface area (Å²) in [6, 6.07) is 8.23. The van der Waals surface area contributed by atoms with Crippen LogP contribution in [0.2, 0.25) is 5.02 Å². The van der Waals surface area contributed by atoms with Gasteiger partial charge in [0, 0.05) is 41.8 Å². The molecular formula is C17H24ClN3. The molecule has 3 nitrogen and oxygen atoms in total. The summed E-state index contributed by atoms with van der Waals surface area (Å²) in [5, 5.41) is 8.93. The number of benzene rings is 1. The van der Waals surface area contributed by atoms with E-state index in [0.717, 1.165) is 17.3 Å². The van der Waals surface area contributed by atoms with E-state index in [1.165, 1.54) is 11.1 Å². The molecule has 1 N–H and O–H groups in total. The maximum Gasteiger partial charge on any atom is 0.0722 e. The minimum Gasteiger partial charge on any atom is -0.306 e. The summed E-state index contributed by atoms with van der Waals surface area (Å²) in [6.07, 6.45) is 2.10. The lowest BCUT2D eigenvalue weighted by atomic mass is 9.89. The molecule has 0 aliphatic carbocycles. The monoisotopic (exact) mass is 305 g/mol. The Morgan fingerprint density at radius 1 is 1.33 bits per heavy atom. The minimum absolute atomic E-state index is 0.0531. The molecule has 0 radical (unpaired) electrons. The first-order chi connectivity index (χ1) is 9.77. The normalized spacial score (nSPS) is 13.4. The van der Waals surface area contributed by atoms with Crippen molar-refractivity contribution in [1.82, 2.24) is 15.1 Å². The second kappa shape index (κ2) is 6.20. The lowest BCUT2D eigenvalue weighted by molar-refractivity contribution is 0.531. The topological polar surface area (TPSA) is 29.9 Å². The van der Waals surface area contributed by atoms with Crippen molar-refractivity contribution >= 4 is 11.6 Å². The fourth-order valence-electron chi connectivity index (χ4n) is 2.46. The molecule has 0 saturated heterocycles. The number of hydrogen-bond acceptors (Lipinski definition) is 2. The summed E-state index contributed by atoms with van der Waals surface area (Å²) in [5.74, 6) is 0. The van der Waals surface area contributed by atoms with Crippen LogP contribution in [0, 0.1) is 0 Å². The lowest BCUT2D eigenvalue weighted by Crippen LogP contribution is -2.21. The highest BCUT2D eigenvalue weighted by atomic mass is 35.5. The van der Waals surface area contributed by atoms with Crippen LogP contribution in [0.3, 0.4) is 0 Å². The molecule has 114 valence electrons. The second-order valence-electron chi connectivity index (χ2n) is 6.58. The van der Waals surface area contributed by atoms with Gasteiger partial charge < -0.3 is 5.32 Å². The van der Waals surface area contributed by atoms with E-state index in [1.54, 1.807) is 0 Å². The zero-order valence-corrected chi connectivity index (χ0v) is 14.2. The van der Waals surface area contributed by atoms with Crippen molar-refractivity contribution < 1.29 is 0 Å². The van der Waals surface area contributed by atoms with E-state index in [4.69, 9.17) is 11.6 Å². The van der Waals surface area contributed by atoms with Crippen molar-refractivity contribution in [2.75, 3.05) is 0 Å². The van der Waals surface area contributed by atoms with Gasteiger partial charge in [0.25, 0.3) is 0 Å². The number of hydrogen-bond donors (Lipinski definition) is 1. The predicted molar refractivity (Wildman–Crippen MR) is 88.6 cm³/mol. The number of rotatable bonds is 4. The van der Waals surface area contributed by atoms with Gasteiger partial charge in [-0.05, 0) is 24.6 Å². The van der Waals surface area contributed by atoms with Gasteiger partial charge in [0.05, 0.1) is 5.69 Å². The molecule has 1 heterocycles. The van der Waals surface area contributed by atoms with E-state index in [0.29, 0.717) is 0 Å². The van der Waals surface area contributed by atoms with Crippen molar-refractivity contribution in [1.29, 1.82) is 0 Å². The molecule has 4 heteroatoms. The van der Waals surface area contributed by atoms with Crippen LogP contribution in [-0.2, 0) is 19.0 Å². The summed E-state index contributed by atoms with van der Waals surface area (Å²) in [4.78, 5) is 0. The van der Waals surface area contributed by atoms with Gasteiger partial charge in [-0.3, -0.25) is 4.68 Å². The van der Waals surface area contributed by atoms with Crippen LogP contribution < -0.4 is 5.32 Å². The summed E-state index contributed by atoms with van der Waals surface area (Å²) in [5.41, 5.74) is 3.65. The molecule has 1 aromatic heterocycles. The van der Waals surface area contributed by atoms with Crippen LogP contribution in [-0.4, -0.2) is 9.78 Å². The molecule has 1 atom stereocenters. The Labute approximate surface area is 132 Å². The number of aromatic nitrogens is 2. The van der Waals surface area contributed by atoms with Gasteiger partial charge in [-0.2, -0.15) is 5.10 Å². The van der Waals surface area contributed by atoms with Crippen LogP contribution in [0.1, 0.15) is 50.6 Å². The third-order valence-corrected chi connectivity index (χ3v) is 3.80. The molecule has 0 fully saturated rings. The molecule has 0 saturated carbocycles. The summed E-state index contributed by atoms with van der Waals surface area (Å²) >= 11 is 6.05. The number of halogens is 1. The Kier molecular flexibility index (Phi) is 4.74. The Morgan fingerprint density at radius 2 is 2.05 bits per heavy atom. The maximum absolute atomic E-state index is 6.05. The van der Waals surface area contributed by atoms with E-state index in [2.05, 4.69) is 50.4 Å². The number of nitrogens with one attached hydrogen (secondary N) is 1. The van der Waals surface area contributed by atoms with Crippen molar-refractivity contribution in [2.24, 2.45) is 7.05 Å². The van der Waals surface area contributed by atoms with Crippen molar-refractivity contribution in [2.45, 2.75) is 45.7 Å². The summed E-state index contributed by atoms with van der Waals surface area (Å²) in [6.45, 7) is 9.53. The largest absolute Gasteiger partial charge is 0.306 e. The molecule has 0 bridgehead atoms. The van der Waals surface area contributed by atoms with Crippen molar-refractivity contribution in [3.8, 4) is 0 Å². The first kappa shape index (κ1) is 16.1. The fourth-order valence-corrected chi connectivity index (χ4v) is 2.65. The van der Waals surface area contributed by atoms with E-state index in [9.17, 15) is 0 Å². The summed E-state index contributed by atoms with van der Waals surface area (Å²) in [7, 11) is 1.97. The zero-order valence-electron chi connectivity index (χ0n) is 13.4. The Hall–Kier alpha value is -1.32. The molecule has 0 spiro atoms. The average Bonchev–Trinajstić information content (AvgIpc) is 2.77. The van der Waals surface area contributed by atoms with E-state index in [-0.39, 0.29) is 11.5 Å². The van der Waals surface area contributed by atoms with E-state index in [1.807, 2.05) is 29.9 Å². The minimum atomic E-state index is 0.0531. The quantitative estimate of drug-likeness (QED) is 0.916. The highest BCUT2D eigenvalue weighted by Crippen LogP contribution is 2.25. The molecule has 0 unspecified atom stereocenters. The van der Waals surface area contributed by atoms with Crippen LogP contribution in [0.25, 0.3) is 0 Å². The molecule has 0 aliphatic rings. The van der Waals surface area contributed by atoms with Gasteiger partial charge in [-0.25, -0.2) is 0 Å². The van der Waals surface area contributed by atoms with Crippen LogP contribution in [0.15, 0.2) is 30.5 Å². The third kappa shape index (κ3) is 4.08. The summed E-state index contributed by atoms with van der Waals surface area (Å²) < 4.78 is 1.89. The van der Waals surface area contributed by atoms with E-state index < -0.39 is 0 Å². The van der Waals surface area contributed by atoms with Gasteiger partial charge in [0.15, 0.2) is 0 Å². The lowest BCUT2D eigenvalue weighted by Gasteiger charge is -2.19. The number of aryl methyl sites for hydroxylation is 1. The first-order valence-electron chi connectivity index (χ1n) is 7.29. The fraction of sp³-hybridized carbons (Fsp3) is 0.471. The molecular weight excluding hydrogens is 282 g/mol. The Morgan fingerprint density at radius 3 is 2.67 bits per heavy atom. The van der Waals surface area contributed by atoms with Crippen molar-refractivity contribution in [3.05, 3.63) is 52.3 Å². The average molecular weight is 306 g/mol. The standard InChI is InChI=1S/C17H24ClN3/c1-12(13-7-6-8-15(18)9-13)19-10-14-11-21(5)20-16(14)17(2,3)4/h6-9,11-12,19H,10H2,1-5H3/t12-/m1/s1. The third-order valence-electron chi connectivity index (χ3n) is 3.56. The van der Waals surface area contributed by atoms with Gasteiger partial charge in [0.2, 0.25) is 0 Å². The zero-order chi connectivity index (χ0) is 15.6. The smallest absolute Gasteiger partial charge is 0.0722 e. The molecule has 21 heavy (non-hydrogen) atoms. The molecule has 0 aliphatic heterocycles. The molecule has 0 amide bonds. The molecule has 2 rings (SSSR count). The number of nitrogens with zero attached hydrogens (tertiary/aromatic N) is 2. The Bertz CT molecular complexity index is 611. The second-order valence-corrected chi connectivity index (χ2v) is 7.02. The first-order valence-corrected chi connectivity index (χ1v) is 7.67. The Balaban J connectivity index is 2.10. The highest BCUT2D eigenvalue weighted by Gasteiger charge is 2.21.